The first-order valence-electron chi connectivity index (χ1n) is 9.13. The van der Waals surface area contributed by atoms with Crippen LogP contribution in [0, 0.1) is 6.92 Å². The summed E-state index contributed by atoms with van der Waals surface area (Å²) in [4.78, 5) is 40.2. The highest BCUT2D eigenvalue weighted by atomic mass is 35.5. The molecule has 0 aliphatic carbocycles. The van der Waals surface area contributed by atoms with Crippen LogP contribution in [0.3, 0.4) is 0 Å². The van der Waals surface area contributed by atoms with Crippen molar-refractivity contribution in [1.82, 2.24) is 24.1 Å². The van der Waals surface area contributed by atoms with Gasteiger partial charge in [0.15, 0.2) is 11.4 Å². The summed E-state index contributed by atoms with van der Waals surface area (Å²) in [6, 6.07) is 0. The molecule has 2 aromatic rings. The smallest absolute Gasteiger partial charge is 0.341 e. The topological polar surface area (TPSA) is 121 Å². The Morgan fingerprint density at radius 1 is 1.34 bits per heavy atom. The lowest BCUT2D eigenvalue weighted by molar-refractivity contribution is -0.0141. The molecule has 1 unspecified atom stereocenters. The number of aromatic nitrogens is 3. The van der Waals surface area contributed by atoms with Crippen molar-refractivity contribution in [3.05, 3.63) is 44.1 Å². The van der Waals surface area contributed by atoms with E-state index in [4.69, 9.17) is 11.6 Å². The molecule has 0 saturated carbocycles. The number of carboxylic acids is 1. The summed E-state index contributed by atoms with van der Waals surface area (Å²) in [5.74, 6) is -2.77. The van der Waals surface area contributed by atoms with E-state index in [1.807, 2.05) is 6.92 Å². The van der Waals surface area contributed by atoms with Crippen LogP contribution in [-0.4, -0.2) is 65.5 Å². The van der Waals surface area contributed by atoms with Crippen LogP contribution in [0.2, 0.25) is 5.15 Å². The van der Waals surface area contributed by atoms with Gasteiger partial charge in [0.2, 0.25) is 5.43 Å². The quantitative estimate of drug-likeness (QED) is 0.745. The Hall–Kier alpha value is -2.85. The molecule has 0 spiro atoms. The molecular formula is C18H20ClN5O5. The highest BCUT2D eigenvalue weighted by molar-refractivity contribution is 6.30. The van der Waals surface area contributed by atoms with Crippen molar-refractivity contribution >= 4 is 23.5 Å². The van der Waals surface area contributed by atoms with Crippen LogP contribution in [0.15, 0.2) is 11.0 Å². The van der Waals surface area contributed by atoms with Crippen LogP contribution < -0.4 is 5.43 Å². The van der Waals surface area contributed by atoms with Crippen LogP contribution in [-0.2, 0) is 20.1 Å². The number of aryl methyl sites for hydroxylation is 2. The monoisotopic (exact) mass is 421 g/mol. The summed E-state index contributed by atoms with van der Waals surface area (Å²) < 4.78 is 2.96. The SMILES string of the molecule is Cc1nn(C)c(Cl)c1CN1CCCN2C(=O)c3c(O)c(=O)c(C(=O)O)cn3CC12. The van der Waals surface area contributed by atoms with E-state index in [9.17, 15) is 24.6 Å². The minimum Gasteiger partial charge on any atom is -0.503 e. The van der Waals surface area contributed by atoms with Crippen molar-refractivity contribution in [1.29, 1.82) is 0 Å². The van der Waals surface area contributed by atoms with E-state index in [1.165, 1.54) is 4.57 Å². The Kier molecular flexibility index (Phi) is 4.62. The normalized spacial score (nSPS) is 19.2. The third kappa shape index (κ3) is 2.99. The van der Waals surface area contributed by atoms with E-state index < -0.39 is 28.6 Å². The van der Waals surface area contributed by atoms with Gasteiger partial charge in [0.25, 0.3) is 5.91 Å². The fourth-order valence-corrected chi connectivity index (χ4v) is 4.35. The molecule has 154 valence electrons. The predicted octanol–water partition coefficient (Wildman–Crippen LogP) is 0.635. The second-order valence-electron chi connectivity index (χ2n) is 7.31. The number of carbonyl (C=O) groups excluding carboxylic acids is 1. The van der Waals surface area contributed by atoms with Crippen LogP contribution in [0.25, 0.3) is 0 Å². The van der Waals surface area contributed by atoms with Gasteiger partial charge in [-0.25, -0.2) is 4.79 Å². The molecule has 2 aromatic heterocycles. The summed E-state index contributed by atoms with van der Waals surface area (Å²) >= 11 is 6.37. The van der Waals surface area contributed by atoms with Gasteiger partial charge in [-0.15, -0.1) is 0 Å². The molecule has 11 heteroatoms. The van der Waals surface area contributed by atoms with Crippen LogP contribution in [0.1, 0.15) is 38.5 Å². The Morgan fingerprint density at radius 3 is 2.69 bits per heavy atom. The van der Waals surface area contributed by atoms with Gasteiger partial charge in [0.05, 0.1) is 12.2 Å². The fourth-order valence-electron chi connectivity index (χ4n) is 4.11. The minimum absolute atomic E-state index is 0.173. The summed E-state index contributed by atoms with van der Waals surface area (Å²) in [5, 5.41) is 24.3. The molecule has 29 heavy (non-hydrogen) atoms. The Morgan fingerprint density at radius 2 is 2.07 bits per heavy atom. The van der Waals surface area contributed by atoms with E-state index in [0.717, 1.165) is 23.9 Å². The maximum Gasteiger partial charge on any atom is 0.341 e. The maximum absolute atomic E-state index is 13.0. The lowest BCUT2D eigenvalue weighted by atomic mass is 10.1. The number of pyridine rings is 1. The van der Waals surface area contributed by atoms with Gasteiger partial charge in [-0.2, -0.15) is 5.10 Å². The molecule has 2 aliphatic heterocycles. The van der Waals surface area contributed by atoms with Gasteiger partial charge in [0, 0.05) is 38.4 Å². The summed E-state index contributed by atoms with van der Waals surface area (Å²) in [6.45, 7) is 3.76. The number of carboxylic acid groups (broad SMARTS) is 1. The molecule has 0 radical (unpaired) electrons. The number of carbonyl (C=O) groups is 2. The molecule has 4 heterocycles. The number of hydrogen-bond donors (Lipinski definition) is 2. The highest BCUT2D eigenvalue weighted by Crippen LogP contribution is 2.30. The zero-order valence-corrected chi connectivity index (χ0v) is 16.7. The lowest BCUT2D eigenvalue weighted by Gasteiger charge is -2.47. The first-order valence-corrected chi connectivity index (χ1v) is 9.51. The van der Waals surface area contributed by atoms with E-state index >= 15 is 0 Å². The first kappa shape index (κ1) is 19.5. The second kappa shape index (κ2) is 6.89. The number of nitrogens with zero attached hydrogens (tertiary/aromatic N) is 5. The highest BCUT2D eigenvalue weighted by Gasteiger charge is 2.41. The van der Waals surface area contributed by atoms with Gasteiger partial charge in [-0.1, -0.05) is 11.6 Å². The minimum atomic E-state index is -1.45. The average Bonchev–Trinajstić information content (AvgIpc) is 2.91. The van der Waals surface area contributed by atoms with Crippen molar-refractivity contribution in [2.75, 3.05) is 13.1 Å². The van der Waals surface area contributed by atoms with Gasteiger partial charge in [-0.3, -0.25) is 19.2 Å². The molecule has 1 fully saturated rings. The zero-order valence-electron chi connectivity index (χ0n) is 15.9. The van der Waals surface area contributed by atoms with Crippen molar-refractivity contribution in [3.63, 3.8) is 0 Å². The Balaban J connectivity index is 1.74. The molecule has 4 rings (SSSR count). The van der Waals surface area contributed by atoms with Gasteiger partial charge in [-0.05, 0) is 13.3 Å². The van der Waals surface area contributed by atoms with E-state index in [-0.39, 0.29) is 18.4 Å². The molecule has 2 N–H and O–H groups in total. The van der Waals surface area contributed by atoms with Crippen LogP contribution >= 0.6 is 11.6 Å². The van der Waals surface area contributed by atoms with Gasteiger partial charge in [0.1, 0.15) is 16.9 Å². The third-order valence-corrected chi connectivity index (χ3v) is 6.04. The molecule has 1 atom stereocenters. The van der Waals surface area contributed by atoms with Crippen LogP contribution in [0.5, 0.6) is 5.75 Å². The van der Waals surface area contributed by atoms with Gasteiger partial charge >= 0.3 is 5.97 Å². The Bertz CT molecular complexity index is 1090. The number of halogens is 1. The predicted molar refractivity (Wildman–Crippen MR) is 102 cm³/mol. The molecule has 10 nitrogen and oxygen atoms in total. The van der Waals surface area contributed by atoms with Crippen molar-refractivity contribution < 1.29 is 19.8 Å². The molecule has 1 saturated heterocycles. The summed E-state index contributed by atoms with van der Waals surface area (Å²) in [7, 11) is 1.76. The molecule has 0 aromatic carbocycles. The van der Waals surface area contributed by atoms with Crippen LogP contribution in [0.4, 0.5) is 0 Å². The standard InChI is InChI=1S/C18H20ClN5O5/c1-9-10(16(19)21(2)20-9)6-22-4-3-5-24-12(22)8-23-7-11(18(28)29)14(25)15(26)13(23)17(24)27/h7,12,26H,3-6,8H2,1-2H3,(H,28,29). The second-order valence-corrected chi connectivity index (χ2v) is 7.67. The average molecular weight is 422 g/mol. The summed E-state index contributed by atoms with van der Waals surface area (Å²) in [6.07, 6.45) is 1.49. The summed E-state index contributed by atoms with van der Waals surface area (Å²) in [5.41, 5.74) is -0.133. The number of aromatic hydroxyl groups is 1. The van der Waals surface area contributed by atoms with E-state index in [1.54, 1.807) is 16.6 Å². The third-order valence-electron chi connectivity index (χ3n) is 5.57. The van der Waals surface area contributed by atoms with E-state index in [2.05, 4.69) is 10.00 Å². The molecule has 2 aliphatic rings. The lowest BCUT2D eigenvalue weighted by Crippen LogP contribution is -2.60. The fraction of sp³-hybridized carbons (Fsp3) is 0.444. The van der Waals surface area contributed by atoms with Crippen molar-refractivity contribution in [2.24, 2.45) is 7.05 Å². The van der Waals surface area contributed by atoms with Crippen molar-refractivity contribution in [3.8, 4) is 5.75 Å². The molecule has 0 bridgehead atoms. The Labute approximate surface area is 170 Å². The number of aromatic carboxylic acids is 1. The number of amides is 1. The zero-order chi connectivity index (χ0) is 21.0. The molecular weight excluding hydrogens is 402 g/mol. The number of hydrogen-bond acceptors (Lipinski definition) is 6. The molecule has 1 amide bonds. The number of fused-ring (bicyclic) bond motifs is 2. The van der Waals surface area contributed by atoms with E-state index in [0.29, 0.717) is 24.8 Å². The largest absolute Gasteiger partial charge is 0.503 e. The number of rotatable bonds is 3. The van der Waals surface area contributed by atoms with Gasteiger partial charge < -0.3 is 19.7 Å². The first-order chi connectivity index (χ1) is 13.7. The van der Waals surface area contributed by atoms with Crippen molar-refractivity contribution in [2.45, 2.75) is 32.6 Å². The maximum atomic E-state index is 13.0.